The summed E-state index contributed by atoms with van der Waals surface area (Å²) in [6.45, 7) is 0.568. The summed E-state index contributed by atoms with van der Waals surface area (Å²) in [4.78, 5) is 12.1. The minimum atomic E-state index is -0.0448. The van der Waals surface area contributed by atoms with Crippen molar-refractivity contribution in [2.45, 2.75) is 38.1 Å². The van der Waals surface area contributed by atoms with E-state index in [4.69, 9.17) is 9.84 Å². The Morgan fingerprint density at radius 3 is 2.82 bits per heavy atom. The van der Waals surface area contributed by atoms with E-state index in [0.717, 1.165) is 12.3 Å². The molecule has 2 fully saturated rings. The maximum Gasteiger partial charge on any atom is 0.223 e. The molecule has 4 nitrogen and oxygen atoms in total. The standard InChI is InChI=1S/C13H23NO3/c1-17-8-11(4-5-15)14-13(16)12-7-9-2-3-10(12)6-9/h9-12,15H,2-8H2,1H3,(H,14,16). The second-order valence-electron chi connectivity index (χ2n) is 5.45. The highest BCUT2D eigenvalue weighted by Gasteiger charge is 2.43. The molecular formula is C13H23NO3. The summed E-state index contributed by atoms with van der Waals surface area (Å²) >= 11 is 0. The third-order valence-electron chi connectivity index (χ3n) is 4.27. The number of nitrogens with one attached hydrogen (secondary N) is 1. The summed E-state index contributed by atoms with van der Waals surface area (Å²) in [5.74, 6) is 1.78. The van der Waals surface area contributed by atoms with Gasteiger partial charge in [-0.3, -0.25) is 4.79 Å². The molecule has 4 atom stereocenters. The van der Waals surface area contributed by atoms with Gasteiger partial charge in [0.2, 0.25) is 5.91 Å². The molecule has 0 aromatic heterocycles. The van der Waals surface area contributed by atoms with Crippen LogP contribution in [0.5, 0.6) is 0 Å². The van der Waals surface area contributed by atoms with Gasteiger partial charge < -0.3 is 15.2 Å². The molecule has 0 spiro atoms. The molecule has 0 saturated heterocycles. The first-order chi connectivity index (χ1) is 8.24. The van der Waals surface area contributed by atoms with Crippen LogP contribution in [0.25, 0.3) is 0 Å². The predicted molar refractivity (Wildman–Crippen MR) is 64.4 cm³/mol. The van der Waals surface area contributed by atoms with E-state index in [1.54, 1.807) is 7.11 Å². The van der Waals surface area contributed by atoms with Gasteiger partial charge >= 0.3 is 0 Å². The van der Waals surface area contributed by atoms with Gasteiger partial charge in [0, 0.05) is 19.6 Å². The van der Waals surface area contributed by atoms with Gasteiger partial charge in [-0.05, 0) is 37.5 Å². The van der Waals surface area contributed by atoms with E-state index in [-0.39, 0.29) is 24.5 Å². The van der Waals surface area contributed by atoms with Gasteiger partial charge in [0.05, 0.1) is 12.6 Å². The van der Waals surface area contributed by atoms with Crippen LogP contribution in [-0.4, -0.2) is 37.4 Å². The lowest BCUT2D eigenvalue weighted by Gasteiger charge is -2.24. The molecule has 0 radical (unpaired) electrons. The normalized spacial score (nSPS) is 32.7. The van der Waals surface area contributed by atoms with E-state index in [1.807, 2.05) is 0 Å². The monoisotopic (exact) mass is 241 g/mol. The van der Waals surface area contributed by atoms with Crippen molar-refractivity contribution in [1.29, 1.82) is 0 Å². The van der Waals surface area contributed by atoms with Gasteiger partial charge in [-0.2, -0.15) is 0 Å². The fraction of sp³-hybridized carbons (Fsp3) is 0.923. The van der Waals surface area contributed by atoms with Crippen LogP contribution < -0.4 is 5.32 Å². The molecule has 0 aliphatic heterocycles. The van der Waals surface area contributed by atoms with Crippen LogP contribution >= 0.6 is 0 Å². The quantitative estimate of drug-likeness (QED) is 0.727. The average molecular weight is 241 g/mol. The van der Waals surface area contributed by atoms with E-state index in [1.165, 1.54) is 19.3 Å². The van der Waals surface area contributed by atoms with Crippen LogP contribution in [0.3, 0.4) is 0 Å². The van der Waals surface area contributed by atoms with E-state index in [2.05, 4.69) is 5.32 Å². The van der Waals surface area contributed by atoms with Crippen LogP contribution in [0.15, 0.2) is 0 Å². The van der Waals surface area contributed by atoms with Crippen LogP contribution in [0.1, 0.15) is 32.1 Å². The Labute approximate surface area is 103 Å². The van der Waals surface area contributed by atoms with Crippen LogP contribution in [0, 0.1) is 17.8 Å². The number of carbonyl (C=O) groups is 1. The minimum Gasteiger partial charge on any atom is -0.396 e. The number of hydrogen-bond acceptors (Lipinski definition) is 3. The molecule has 2 N–H and O–H groups in total. The molecule has 1 amide bonds. The predicted octanol–water partition coefficient (Wildman–Crippen LogP) is 0.936. The molecule has 2 aliphatic carbocycles. The highest BCUT2D eigenvalue weighted by Crippen LogP contribution is 2.48. The lowest BCUT2D eigenvalue weighted by atomic mass is 9.88. The number of aliphatic hydroxyl groups excluding tert-OH is 1. The van der Waals surface area contributed by atoms with Crippen molar-refractivity contribution in [3.05, 3.63) is 0 Å². The van der Waals surface area contributed by atoms with E-state index < -0.39 is 0 Å². The summed E-state index contributed by atoms with van der Waals surface area (Å²) in [6, 6.07) is -0.0448. The Hall–Kier alpha value is -0.610. The Balaban J connectivity index is 1.82. The maximum atomic E-state index is 12.1. The van der Waals surface area contributed by atoms with Crippen LogP contribution in [0.2, 0.25) is 0 Å². The summed E-state index contributed by atoms with van der Waals surface area (Å²) in [6.07, 6.45) is 5.41. The van der Waals surface area contributed by atoms with Crippen LogP contribution in [-0.2, 0) is 9.53 Å². The molecule has 4 unspecified atom stereocenters. The summed E-state index contributed by atoms with van der Waals surface area (Å²) < 4.78 is 5.06. The number of ether oxygens (including phenoxy) is 1. The summed E-state index contributed by atoms with van der Waals surface area (Å²) in [5, 5.41) is 12.0. The van der Waals surface area contributed by atoms with Crippen molar-refractivity contribution in [2.24, 2.45) is 17.8 Å². The van der Waals surface area contributed by atoms with Gasteiger partial charge in [0.1, 0.15) is 0 Å². The van der Waals surface area contributed by atoms with Crippen molar-refractivity contribution < 1.29 is 14.6 Å². The smallest absolute Gasteiger partial charge is 0.223 e. The molecule has 4 heteroatoms. The Morgan fingerprint density at radius 2 is 2.29 bits per heavy atom. The lowest BCUT2D eigenvalue weighted by Crippen LogP contribution is -2.43. The van der Waals surface area contributed by atoms with Crippen molar-refractivity contribution in [2.75, 3.05) is 20.3 Å². The molecule has 0 aromatic rings. The van der Waals surface area contributed by atoms with Crippen molar-refractivity contribution in [1.82, 2.24) is 5.32 Å². The molecule has 98 valence electrons. The molecule has 2 aliphatic rings. The summed E-state index contributed by atoms with van der Waals surface area (Å²) in [7, 11) is 1.62. The van der Waals surface area contributed by atoms with E-state index >= 15 is 0 Å². The number of rotatable bonds is 6. The molecular weight excluding hydrogens is 218 g/mol. The van der Waals surface area contributed by atoms with Gasteiger partial charge in [0.15, 0.2) is 0 Å². The number of carbonyl (C=O) groups excluding carboxylic acids is 1. The number of methoxy groups -OCH3 is 1. The fourth-order valence-electron chi connectivity index (χ4n) is 3.43. The Morgan fingerprint density at radius 1 is 1.47 bits per heavy atom. The van der Waals surface area contributed by atoms with Gasteiger partial charge in [-0.1, -0.05) is 6.42 Å². The van der Waals surface area contributed by atoms with E-state index in [9.17, 15) is 4.79 Å². The fourth-order valence-corrected chi connectivity index (χ4v) is 3.43. The number of hydrogen-bond donors (Lipinski definition) is 2. The molecule has 2 rings (SSSR count). The lowest BCUT2D eigenvalue weighted by molar-refractivity contribution is -0.127. The van der Waals surface area contributed by atoms with Gasteiger partial charge in [0.25, 0.3) is 0 Å². The van der Waals surface area contributed by atoms with Crippen LogP contribution in [0.4, 0.5) is 0 Å². The SMILES string of the molecule is COCC(CCO)NC(=O)C1CC2CCC1C2. The third-order valence-corrected chi connectivity index (χ3v) is 4.27. The number of fused-ring (bicyclic) bond motifs is 2. The molecule has 17 heavy (non-hydrogen) atoms. The largest absolute Gasteiger partial charge is 0.396 e. The first-order valence-corrected chi connectivity index (χ1v) is 6.64. The molecule has 2 bridgehead atoms. The number of aliphatic hydroxyl groups is 1. The zero-order valence-corrected chi connectivity index (χ0v) is 10.5. The first kappa shape index (κ1) is 12.8. The Bertz CT molecular complexity index is 263. The first-order valence-electron chi connectivity index (χ1n) is 6.64. The van der Waals surface area contributed by atoms with Crippen molar-refractivity contribution >= 4 is 5.91 Å². The zero-order chi connectivity index (χ0) is 12.3. The zero-order valence-electron chi connectivity index (χ0n) is 10.5. The highest BCUT2D eigenvalue weighted by molar-refractivity contribution is 5.79. The second-order valence-corrected chi connectivity index (χ2v) is 5.45. The average Bonchev–Trinajstić information content (AvgIpc) is 2.91. The van der Waals surface area contributed by atoms with Gasteiger partial charge in [-0.15, -0.1) is 0 Å². The highest BCUT2D eigenvalue weighted by atomic mass is 16.5. The molecule has 2 saturated carbocycles. The topological polar surface area (TPSA) is 58.6 Å². The maximum absolute atomic E-state index is 12.1. The number of amides is 1. The summed E-state index contributed by atoms with van der Waals surface area (Å²) in [5.41, 5.74) is 0. The molecule has 0 aromatic carbocycles. The Kier molecular flexibility index (Phi) is 4.40. The third kappa shape index (κ3) is 2.99. The second kappa shape index (κ2) is 5.83. The van der Waals surface area contributed by atoms with E-state index in [0.29, 0.717) is 18.9 Å². The minimum absolute atomic E-state index is 0.0448. The van der Waals surface area contributed by atoms with Gasteiger partial charge in [-0.25, -0.2) is 0 Å². The molecule has 0 heterocycles. The van der Waals surface area contributed by atoms with Crippen molar-refractivity contribution in [3.8, 4) is 0 Å². The van der Waals surface area contributed by atoms with Crippen molar-refractivity contribution in [3.63, 3.8) is 0 Å².